The van der Waals surface area contributed by atoms with Gasteiger partial charge in [-0.3, -0.25) is 4.79 Å². The van der Waals surface area contributed by atoms with Crippen molar-refractivity contribution in [3.05, 3.63) is 28.3 Å². The van der Waals surface area contributed by atoms with E-state index in [2.05, 4.69) is 15.6 Å². The summed E-state index contributed by atoms with van der Waals surface area (Å²) in [5.41, 5.74) is 0.756. The number of nitrogens with one attached hydrogen (secondary N) is 2. The topological polar surface area (TPSA) is 101 Å². The third-order valence-electron chi connectivity index (χ3n) is 4.49. The van der Waals surface area contributed by atoms with E-state index in [0.29, 0.717) is 24.6 Å². The van der Waals surface area contributed by atoms with Gasteiger partial charge in [-0.15, -0.1) is 11.3 Å². The molecule has 9 heteroatoms. The van der Waals surface area contributed by atoms with Crippen LogP contribution < -0.4 is 10.6 Å². The van der Waals surface area contributed by atoms with Crippen LogP contribution in [-0.2, 0) is 21.2 Å². The predicted molar refractivity (Wildman–Crippen MR) is 96.1 cm³/mol. The number of carbonyl (C=O) groups excluding carboxylic acids is 1. The maximum Gasteiger partial charge on any atom is 0.241 e. The van der Waals surface area contributed by atoms with E-state index in [-0.39, 0.29) is 19.4 Å². The Morgan fingerprint density at radius 3 is 2.72 bits per heavy atom. The minimum atomic E-state index is -3.52. The number of nitrogens with zero attached hydrogens (tertiary/aromatic N) is 1. The Kier molecular flexibility index (Phi) is 4.99. The van der Waals surface area contributed by atoms with Gasteiger partial charge in [0, 0.05) is 11.6 Å². The molecule has 0 spiro atoms. The van der Waals surface area contributed by atoms with Gasteiger partial charge in [0.2, 0.25) is 5.91 Å². The number of furan rings is 1. The van der Waals surface area contributed by atoms with Crippen LogP contribution in [0.5, 0.6) is 0 Å². The Morgan fingerprint density at radius 2 is 2.12 bits per heavy atom. The van der Waals surface area contributed by atoms with Crippen LogP contribution in [0.2, 0.25) is 0 Å². The number of piperidine rings is 1. The molecular formula is C16H21N3O4S2. The molecule has 0 bridgehead atoms. The highest BCUT2D eigenvalue weighted by molar-refractivity contribution is 7.92. The average molecular weight is 383 g/mol. The zero-order chi connectivity index (χ0) is 18.1. The smallest absolute Gasteiger partial charge is 0.241 e. The van der Waals surface area contributed by atoms with Crippen LogP contribution in [0, 0.1) is 6.92 Å². The summed E-state index contributed by atoms with van der Waals surface area (Å²) in [6, 6.07) is 3.56. The van der Waals surface area contributed by atoms with Gasteiger partial charge < -0.3 is 15.1 Å². The standard InChI is InChI=1S/C16H21N3O4S2/c1-11-19-13(10-24-11)14-4-3-12(23-14)9-18-15(20)16(25(2,21)22)5-7-17-8-6-16/h3-4,10,17H,5-9H2,1-2H3,(H,18,20). The van der Waals surface area contributed by atoms with Crippen molar-refractivity contribution >= 4 is 27.1 Å². The molecule has 2 N–H and O–H groups in total. The van der Waals surface area contributed by atoms with Crippen molar-refractivity contribution in [2.24, 2.45) is 0 Å². The van der Waals surface area contributed by atoms with Gasteiger partial charge >= 0.3 is 0 Å². The first-order valence-electron chi connectivity index (χ1n) is 8.02. The minimum absolute atomic E-state index is 0.145. The zero-order valence-corrected chi connectivity index (χ0v) is 15.8. The van der Waals surface area contributed by atoms with Crippen LogP contribution in [0.3, 0.4) is 0 Å². The van der Waals surface area contributed by atoms with Gasteiger partial charge in [0.05, 0.1) is 11.6 Å². The number of sulfone groups is 1. The van der Waals surface area contributed by atoms with Gasteiger partial charge in [0.25, 0.3) is 0 Å². The SMILES string of the molecule is Cc1nc(-c2ccc(CNC(=O)C3(S(C)(=O)=O)CCNCC3)o2)cs1. The summed E-state index contributed by atoms with van der Waals surface area (Å²) in [4.78, 5) is 17.0. The second-order valence-corrected chi connectivity index (χ2v) is 9.60. The molecule has 136 valence electrons. The lowest BCUT2D eigenvalue weighted by atomic mass is 9.96. The van der Waals surface area contributed by atoms with Gasteiger partial charge in [-0.05, 0) is 45.0 Å². The second kappa shape index (κ2) is 6.89. The molecule has 3 rings (SSSR count). The quantitative estimate of drug-likeness (QED) is 0.811. The third kappa shape index (κ3) is 3.63. The summed E-state index contributed by atoms with van der Waals surface area (Å²) in [6.45, 7) is 3.08. The number of thiazole rings is 1. The predicted octanol–water partition coefficient (Wildman–Crippen LogP) is 1.49. The van der Waals surface area contributed by atoms with E-state index in [9.17, 15) is 13.2 Å². The number of hydrogen-bond donors (Lipinski definition) is 2. The Hall–Kier alpha value is -1.71. The number of rotatable bonds is 5. The van der Waals surface area contributed by atoms with Gasteiger partial charge in [0.15, 0.2) is 20.3 Å². The maximum atomic E-state index is 12.6. The first kappa shape index (κ1) is 18.1. The fourth-order valence-electron chi connectivity index (χ4n) is 3.01. The maximum absolute atomic E-state index is 12.6. The summed E-state index contributed by atoms with van der Waals surface area (Å²) in [6.07, 6.45) is 1.69. The van der Waals surface area contributed by atoms with Crippen molar-refractivity contribution in [1.29, 1.82) is 0 Å². The first-order chi connectivity index (χ1) is 11.8. The fraction of sp³-hybridized carbons (Fsp3) is 0.500. The summed E-state index contributed by atoms with van der Waals surface area (Å²) >= 11 is 1.53. The lowest BCUT2D eigenvalue weighted by molar-refractivity contribution is -0.124. The summed E-state index contributed by atoms with van der Waals surface area (Å²) in [5, 5.41) is 8.68. The molecule has 1 saturated heterocycles. The van der Waals surface area contributed by atoms with Crippen LogP contribution in [0.25, 0.3) is 11.5 Å². The van der Waals surface area contributed by atoms with Gasteiger partial charge in [0.1, 0.15) is 11.5 Å². The molecule has 0 saturated carbocycles. The summed E-state index contributed by atoms with van der Waals surface area (Å²) in [7, 11) is -3.52. The van der Waals surface area contributed by atoms with Crippen LogP contribution in [0.4, 0.5) is 0 Å². The largest absolute Gasteiger partial charge is 0.458 e. The molecule has 1 aliphatic rings. The van der Waals surface area contributed by atoms with Crippen molar-refractivity contribution in [1.82, 2.24) is 15.6 Å². The van der Waals surface area contributed by atoms with Crippen molar-refractivity contribution in [3.63, 3.8) is 0 Å². The van der Waals surface area contributed by atoms with E-state index in [4.69, 9.17) is 4.42 Å². The lowest BCUT2D eigenvalue weighted by Gasteiger charge is -2.34. The number of amides is 1. The van der Waals surface area contributed by atoms with E-state index in [1.54, 1.807) is 12.1 Å². The molecule has 1 aliphatic heterocycles. The molecule has 2 aromatic rings. The molecule has 0 radical (unpaired) electrons. The Bertz CT molecular complexity index is 864. The number of aryl methyl sites for hydroxylation is 1. The fourth-order valence-corrected chi connectivity index (χ4v) is 4.97. The zero-order valence-electron chi connectivity index (χ0n) is 14.2. The molecule has 0 atom stereocenters. The number of carbonyl (C=O) groups is 1. The highest BCUT2D eigenvalue weighted by Crippen LogP contribution is 2.28. The van der Waals surface area contributed by atoms with E-state index in [1.807, 2.05) is 12.3 Å². The van der Waals surface area contributed by atoms with Crippen LogP contribution in [0.15, 0.2) is 21.9 Å². The van der Waals surface area contributed by atoms with Gasteiger partial charge in [-0.2, -0.15) is 0 Å². The first-order valence-corrected chi connectivity index (χ1v) is 10.8. The molecule has 0 unspecified atom stereocenters. The van der Waals surface area contributed by atoms with Crippen LogP contribution >= 0.6 is 11.3 Å². The van der Waals surface area contributed by atoms with Crippen LogP contribution in [0.1, 0.15) is 23.6 Å². The third-order valence-corrected chi connectivity index (χ3v) is 7.28. The van der Waals surface area contributed by atoms with Crippen molar-refractivity contribution in [3.8, 4) is 11.5 Å². The second-order valence-electron chi connectivity index (χ2n) is 6.22. The summed E-state index contributed by atoms with van der Waals surface area (Å²) < 4.78 is 28.8. The Labute approximate surface area is 150 Å². The molecule has 7 nitrogen and oxygen atoms in total. The molecule has 2 aromatic heterocycles. The van der Waals surface area contributed by atoms with E-state index >= 15 is 0 Å². The van der Waals surface area contributed by atoms with Crippen molar-refractivity contribution in [2.75, 3.05) is 19.3 Å². The van der Waals surface area contributed by atoms with Gasteiger partial charge in [-0.25, -0.2) is 13.4 Å². The van der Waals surface area contributed by atoms with E-state index in [1.165, 1.54) is 11.3 Å². The highest BCUT2D eigenvalue weighted by atomic mass is 32.2. The molecule has 0 aromatic carbocycles. The monoisotopic (exact) mass is 383 g/mol. The normalized spacial score (nSPS) is 17.4. The molecular weight excluding hydrogens is 362 g/mol. The molecule has 1 amide bonds. The Morgan fingerprint density at radius 1 is 1.40 bits per heavy atom. The molecule has 3 heterocycles. The highest BCUT2D eigenvalue weighted by Gasteiger charge is 2.48. The number of aromatic nitrogens is 1. The van der Waals surface area contributed by atoms with Crippen molar-refractivity contribution < 1.29 is 17.6 Å². The molecule has 25 heavy (non-hydrogen) atoms. The number of hydrogen-bond acceptors (Lipinski definition) is 7. The summed E-state index contributed by atoms with van der Waals surface area (Å²) in [5.74, 6) is 0.735. The van der Waals surface area contributed by atoms with E-state index < -0.39 is 20.5 Å². The van der Waals surface area contributed by atoms with Crippen molar-refractivity contribution in [2.45, 2.75) is 31.1 Å². The van der Waals surface area contributed by atoms with Crippen LogP contribution in [-0.4, -0.2) is 43.4 Å². The Balaban J connectivity index is 1.70. The lowest BCUT2D eigenvalue weighted by Crippen LogP contribution is -2.57. The average Bonchev–Trinajstić information content (AvgIpc) is 3.21. The molecule has 0 aliphatic carbocycles. The minimum Gasteiger partial charge on any atom is -0.458 e. The van der Waals surface area contributed by atoms with E-state index in [0.717, 1.165) is 17.0 Å². The van der Waals surface area contributed by atoms with Gasteiger partial charge in [-0.1, -0.05) is 0 Å². The molecule has 1 fully saturated rings.